The van der Waals surface area contributed by atoms with E-state index in [1.165, 1.54) is 12.1 Å². The average Bonchev–Trinajstić information content (AvgIpc) is 3.04. The molecule has 1 atom stereocenters. The number of rotatable bonds is 3. The van der Waals surface area contributed by atoms with Crippen molar-refractivity contribution in [1.82, 2.24) is 4.72 Å². The zero-order chi connectivity index (χ0) is 15.0. The Morgan fingerprint density at radius 1 is 1.29 bits per heavy atom. The van der Waals surface area contributed by atoms with E-state index in [2.05, 4.69) is 4.72 Å². The first-order valence-corrected chi connectivity index (χ1v) is 8.69. The molecular formula is C13H10ClNO4S2. The maximum absolute atomic E-state index is 12.2. The van der Waals surface area contributed by atoms with Crippen molar-refractivity contribution in [3.8, 4) is 5.75 Å². The molecular weight excluding hydrogens is 334 g/mol. The highest BCUT2D eigenvalue weighted by Gasteiger charge is 2.33. The third-order valence-electron chi connectivity index (χ3n) is 3.06. The molecule has 3 rings (SSSR count). The van der Waals surface area contributed by atoms with Gasteiger partial charge in [-0.25, -0.2) is 13.1 Å². The molecule has 0 radical (unpaired) electrons. The summed E-state index contributed by atoms with van der Waals surface area (Å²) in [4.78, 5) is 12.2. The summed E-state index contributed by atoms with van der Waals surface area (Å²) in [5.74, 6) is -0.634. The van der Waals surface area contributed by atoms with Crippen LogP contribution in [0, 0.1) is 0 Å². The van der Waals surface area contributed by atoms with Crippen LogP contribution in [0.5, 0.6) is 5.75 Å². The first kappa shape index (κ1) is 14.4. The Morgan fingerprint density at radius 3 is 2.76 bits per heavy atom. The molecule has 1 unspecified atom stereocenters. The van der Waals surface area contributed by atoms with Crippen LogP contribution in [0.15, 0.2) is 40.6 Å². The smallest absolute Gasteiger partial charge is 0.273 e. The van der Waals surface area contributed by atoms with Crippen molar-refractivity contribution in [2.45, 2.75) is 10.1 Å². The van der Waals surface area contributed by atoms with Crippen LogP contribution >= 0.6 is 22.9 Å². The van der Waals surface area contributed by atoms with E-state index in [1.54, 1.807) is 24.3 Å². The highest BCUT2D eigenvalue weighted by molar-refractivity contribution is 7.92. The number of thiophene rings is 1. The molecule has 8 heteroatoms. The number of para-hydroxylation sites is 1. The molecule has 1 N–H and O–H groups in total. The number of halogens is 1. The van der Waals surface area contributed by atoms with Crippen LogP contribution in [0.3, 0.4) is 0 Å². The molecule has 0 saturated carbocycles. The summed E-state index contributed by atoms with van der Waals surface area (Å²) in [6.07, 6.45) is 0. The van der Waals surface area contributed by atoms with Gasteiger partial charge in [-0.2, -0.15) is 0 Å². The van der Waals surface area contributed by atoms with E-state index in [9.17, 15) is 13.2 Å². The third-order valence-corrected chi connectivity index (χ3v) is 6.13. The molecule has 1 aliphatic heterocycles. The van der Waals surface area contributed by atoms with Crippen LogP contribution < -0.4 is 9.46 Å². The zero-order valence-corrected chi connectivity index (χ0v) is 13.0. The molecule has 0 spiro atoms. The van der Waals surface area contributed by atoms with E-state index >= 15 is 0 Å². The SMILES string of the molecule is O=C(NS(=O)(=O)c1ccc(Cl)s1)C1COc2ccccc21. The number of nitrogens with one attached hydrogen (secondary N) is 1. The molecule has 1 aliphatic rings. The molecule has 1 aromatic heterocycles. The summed E-state index contributed by atoms with van der Waals surface area (Å²) >= 11 is 6.61. The largest absolute Gasteiger partial charge is 0.492 e. The second kappa shape index (κ2) is 5.32. The number of carbonyl (C=O) groups excluding carboxylic acids is 1. The fraction of sp³-hybridized carbons (Fsp3) is 0.154. The highest BCUT2D eigenvalue weighted by atomic mass is 35.5. The van der Waals surface area contributed by atoms with Crippen LogP contribution in [-0.2, 0) is 14.8 Å². The lowest BCUT2D eigenvalue weighted by Crippen LogP contribution is -2.34. The molecule has 5 nitrogen and oxygen atoms in total. The van der Waals surface area contributed by atoms with Gasteiger partial charge in [-0.15, -0.1) is 11.3 Å². The average molecular weight is 344 g/mol. The predicted octanol–water partition coefficient (Wildman–Crippen LogP) is 2.38. The van der Waals surface area contributed by atoms with E-state index in [4.69, 9.17) is 16.3 Å². The van der Waals surface area contributed by atoms with Crippen molar-refractivity contribution in [1.29, 1.82) is 0 Å². The second-order valence-corrected chi connectivity index (χ2v) is 8.05. The lowest BCUT2D eigenvalue weighted by atomic mass is 10.0. The van der Waals surface area contributed by atoms with Gasteiger partial charge in [-0.05, 0) is 18.2 Å². The van der Waals surface area contributed by atoms with Crippen molar-refractivity contribution < 1.29 is 17.9 Å². The van der Waals surface area contributed by atoms with Gasteiger partial charge in [-0.3, -0.25) is 4.79 Å². The summed E-state index contributed by atoms with van der Waals surface area (Å²) in [6.45, 7) is 0.131. The van der Waals surface area contributed by atoms with Gasteiger partial charge in [0.05, 0.1) is 4.34 Å². The monoisotopic (exact) mass is 343 g/mol. The molecule has 1 aromatic carbocycles. The highest BCUT2D eigenvalue weighted by Crippen LogP contribution is 2.34. The molecule has 2 aromatic rings. The van der Waals surface area contributed by atoms with Crippen LogP contribution in [0.1, 0.15) is 11.5 Å². The topological polar surface area (TPSA) is 72.5 Å². The van der Waals surface area contributed by atoms with Gasteiger partial charge in [0.15, 0.2) is 0 Å². The van der Waals surface area contributed by atoms with E-state index in [1.807, 2.05) is 0 Å². The number of benzene rings is 1. The van der Waals surface area contributed by atoms with Crippen molar-refractivity contribution in [2.75, 3.05) is 6.61 Å². The van der Waals surface area contributed by atoms with Gasteiger partial charge in [0.1, 0.15) is 22.5 Å². The van der Waals surface area contributed by atoms with Crippen LogP contribution in [0.4, 0.5) is 0 Å². The lowest BCUT2D eigenvalue weighted by Gasteiger charge is -2.09. The Labute approximate surface area is 130 Å². The summed E-state index contributed by atoms with van der Waals surface area (Å²) in [6, 6.07) is 9.91. The van der Waals surface area contributed by atoms with Crippen molar-refractivity contribution >= 4 is 38.9 Å². The lowest BCUT2D eigenvalue weighted by molar-refractivity contribution is -0.120. The first-order chi connectivity index (χ1) is 9.97. The number of hydrogen-bond donors (Lipinski definition) is 1. The standard InChI is InChI=1S/C13H10ClNO4S2/c14-11-5-6-12(20-11)21(17,18)15-13(16)9-7-19-10-4-2-1-3-8(9)10/h1-6,9H,7H2,(H,15,16). The minimum Gasteiger partial charge on any atom is -0.492 e. The fourth-order valence-corrected chi connectivity index (χ4v) is 4.58. The number of fused-ring (bicyclic) bond motifs is 1. The van der Waals surface area contributed by atoms with Crippen molar-refractivity contribution in [2.24, 2.45) is 0 Å². The maximum atomic E-state index is 12.2. The predicted molar refractivity (Wildman–Crippen MR) is 79.3 cm³/mol. The van der Waals surface area contributed by atoms with Crippen LogP contribution in [-0.4, -0.2) is 20.9 Å². The molecule has 110 valence electrons. The fourth-order valence-electron chi connectivity index (χ4n) is 2.08. The number of amides is 1. The van der Waals surface area contributed by atoms with Crippen molar-refractivity contribution in [3.63, 3.8) is 0 Å². The Morgan fingerprint density at radius 2 is 2.05 bits per heavy atom. The van der Waals surface area contributed by atoms with Gasteiger partial charge < -0.3 is 4.74 Å². The van der Waals surface area contributed by atoms with Crippen molar-refractivity contribution in [3.05, 3.63) is 46.3 Å². The van der Waals surface area contributed by atoms with Gasteiger partial charge in [0.25, 0.3) is 10.0 Å². The summed E-state index contributed by atoms with van der Waals surface area (Å²) < 4.78 is 32.0. The molecule has 21 heavy (non-hydrogen) atoms. The summed E-state index contributed by atoms with van der Waals surface area (Å²) in [5, 5.41) is 0. The minimum absolute atomic E-state index is 0.00745. The number of carbonyl (C=O) groups is 1. The first-order valence-electron chi connectivity index (χ1n) is 6.01. The van der Waals surface area contributed by atoms with Gasteiger partial charge in [-0.1, -0.05) is 29.8 Å². The van der Waals surface area contributed by atoms with Gasteiger partial charge >= 0.3 is 0 Å². The molecule has 0 bridgehead atoms. The summed E-state index contributed by atoms with van der Waals surface area (Å²) in [7, 11) is -3.90. The van der Waals surface area contributed by atoms with E-state index < -0.39 is 21.8 Å². The number of sulfonamides is 1. The van der Waals surface area contributed by atoms with Gasteiger partial charge in [0, 0.05) is 5.56 Å². The molecule has 1 amide bonds. The van der Waals surface area contributed by atoms with Crippen LogP contribution in [0.25, 0.3) is 0 Å². The number of ether oxygens (including phenoxy) is 1. The maximum Gasteiger partial charge on any atom is 0.273 e. The normalized spacial score (nSPS) is 17.1. The number of hydrogen-bond acceptors (Lipinski definition) is 5. The quantitative estimate of drug-likeness (QED) is 0.928. The molecule has 0 saturated heterocycles. The summed E-state index contributed by atoms with van der Waals surface area (Å²) in [5.41, 5.74) is 0.689. The van der Waals surface area contributed by atoms with E-state index in [-0.39, 0.29) is 10.8 Å². The van der Waals surface area contributed by atoms with Gasteiger partial charge in [0.2, 0.25) is 5.91 Å². The van der Waals surface area contributed by atoms with E-state index in [0.717, 1.165) is 11.3 Å². The van der Waals surface area contributed by atoms with E-state index in [0.29, 0.717) is 15.6 Å². The molecule has 0 aliphatic carbocycles. The molecule has 0 fully saturated rings. The molecule has 2 heterocycles. The second-order valence-electron chi connectivity index (χ2n) is 4.43. The Kier molecular flexibility index (Phi) is 3.64. The third kappa shape index (κ3) is 2.76. The Balaban J connectivity index is 1.82. The Bertz CT molecular complexity index is 800. The Hall–Kier alpha value is -1.57. The van der Waals surface area contributed by atoms with Crippen LogP contribution in [0.2, 0.25) is 4.34 Å². The minimum atomic E-state index is -3.90. The zero-order valence-electron chi connectivity index (χ0n) is 10.6.